The molecule has 0 bridgehead atoms. The van der Waals surface area contributed by atoms with Crippen molar-refractivity contribution in [2.75, 3.05) is 13.7 Å². The van der Waals surface area contributed by atoms with Crippen LogP contribution in [0.15, 0.2) is 64.3 Å². The Labute approximate surface area is 195 Å². The fourth-order valence-electron chi connectivity index (χ4n) is 3.66. The van der Waals surface area contributed by atoms with Crippen molar-refractivity contribution in [1.29, 1.82) is 0 Å². The summed E-state index contributed by atoms with van der Waals surface area (Å²) in [4.78, 5) is 42.4. The Kier molecular flexibility index (Phi) is 6.53. The van der Waals surface area contributed by atoms with Crippen LogP contribution in [0.25, 0.3) is 22.3 Å². The molecule has 9 heteroatoms. The lowest BCUT2D eigenvalue weighted by Crippen LogP contribution is -2.34. The first-order valence-electron chi connectivity index (χ1n) is 10.9. The van der Waals surface area contributed by atoms with E-state index in [1.807, 2.05) is 38.1 Å². The monoisotopic (exact) mass is 459 g/mol. The summed E-state index contributed by atoms with van der Waals surface area (Å²) in [7, 11) is 1.59. The number of fused-ring (bicyclic) bond motifs is 1. The molecule has 1 aromatic carbocycles. The predicted octanol–water partition coefficient (Wildman–Crippen LogP) is 2.39. The van der Waals surface area contributed by atoms with E-state index in [-0.39, 0.29) is 29.6 Å². The molecule has 0 atom stereocenters. The van der Waals surface area contributed by atoms with Crippen LogP contribution in [0.2, 0.25) is 0 Å². The summed E-state index contributed by atoms with van der Waals surface area (Å²) in [5.74, 6) is 0.218. The van der Waals surface area contributed by atoms with Crippen LogP contribution in [0.5, 0.6) is 5.75 Å². The molecule has 0 fully saturated rings. The van der Waals surface area contributed by atoms with Gasteiger partial charge in [-0.05, 0) is 56.3 Å². The largest absolute Gasteiger partial charge is 0.497 e. The van der Waals surface area contributed by atoms with E-state index in [4.69, 9.17) is 4.74 Å². The highest BCUT2D eigenvalue weighted by Crippen LogP contribution is 2.19. The molecule has 0 aliphatic rings. The van der Waals surface area contributed by atoms with Crippen molar-refractivity contribution in [3.05, 3.63) is 86.6 Å². The molecule has 3 aromatic heterocycles. The van der Waals surface area contributed by atoms with Gasteiger partial charge in [-0.15, -0.1) is 0 Å². The number of benzene rings is 1. The molecule has 0 spiro atoms. The summed E-state index contributed by atoms with van der Waals surface area (Å²) < 4.78 is 8.24. The number of nitrogens with one attached hydrogen (secondary N) is 1. The van der Waals surface area contributed by atoms with Gasteiger partial charge in [-0.2, -0.15) is 5.10 Å². The molecule has 9 nitrogen and oxygen atoms in total. The zero-order chi connectivity index (χ0) is 24.2. The molecule has 174 valence electrons. The summed E-state index contributed by atoms with van der Waals surface area (Å²) in [5.41, 5.74) is 2.17. The van der Waals surface area contributed by atoms with E-state index in [2.05, 4.69) is 15.4 Å². The number of hydrogen-bond acceptors (Lipinski definition) is 6. The minimum Gasteiger partial charge on any atom is -0.497 e. The molecule has 34 heavy (non-hydrogen) atoms. The molecule has 0 saturated heterocycles. The number of nitrogens with zero attached hydrogens (tertiary/aromatic N) is 4. The first kappa shape index (κ1) is 22.9. The molecule has 1 amide bonds. The van der Waals surface area contributed by atoms with Gasteiger partial charge in [0.2, 0.25) is 5.43 Å². The van der Waals surface area contributed by atoms with Crippen LogP contribution in [-0.4, -0.2) is 38.9 Å². The average Bonchev–Trinajstić information content (AvgIpc) is 2.85. The third-order valence-electron chi connectivity index (χ3n) is 5.51. The van der Waals surface area contributed by atoms with E-state index in [1.165, 1.54) is 16.9 Å². The molecule has 0 aliphatic heterocycles. The lowest BCUT2D eigenvalue weighted by atomic mass is 10.1. The maximum absolute atomic E-state index is 12.9. The van der Waals surface area contributed by atoms with E-state index >= 15 is 0 Å². The molecule has 0 saturated carbocycles. The number of hydrogen-bond donors (Lipinski definition) is 1. The second kappa shape index (κ2) is 9.70. The predicted molar refractivity (Wildman–Crippen MR) is 129 cm³/mol. The average molecular weight is 460 g/mol. The number of methoxy groups -OCH3 is 1. The number of amides is 1. The number of rotatable bonds is 7. The Hall–Kier alpha value is -4.27. The molecular formula is C25H25N5O4. The van der Waals surface area contributed by atoms with E-state index in [0.717, 1.165) is 17.0 Å². The number of pyridine rings is 2. The zero-order valence-corrected chi connectivity index (χ0v) is 19.2. The normalized spacial score (nSPS) is 10.9. The van der Waals surface area contributed by atoms with E-state index in [0.29, 0.717) is 23.3 Å². The molecular weight excluding hydrogens is 434 g/mol. The minimum absolute atomic E-state index is 0.0345. The maximum atomic E-state index is 12.9. The van der Waals surface area contributed by atoms with Crippen LogP contribution >= 0.6 is 0 Å². The zero-order valence-electron chi connectivity index (χ0n) is 19.2. The molecule has 0 aliphatic carbocycles. The molecule has 3 heterocycles. The van der Waals surface area contributed by atoms with Gasteiger partial charge in [0.25, 0.3) is 11.5 Å². The lowest BCUT2D eigenvalue weighted by molar-refractivity contribution is 0.0950. The molecule has 4 aromatic rings. The highest BCUT2D eigenvalue weighted by atomic mass is 16.5. The third-order valence-corrected chi connectivity index (χ3v) is 5.51. The van der Waals surface area contributed by atoms with Gasteiger partial charge in [0.15, 0.2) is 0 Å². The topological polar surface area (TPSA) is 108 Å². The smallest absolute Gasteiger partial charge is 0.266 e. The van der Waals surface area contributed by atoms with Crippen molar-refractivity contribution in [3.8, 4) is 17.0 Å². The molecule has 1 N–H and O–H groups in total. The first-order valence-corrected chi connectivity index (χ1v) is 10.9. The second-order valence-corrected chi connectivity index (χ2v) is 7.75. The minimum atomic E-state index is -0.506. The standard InChI is InChI=1S/C25H25N5O4/c1-4-29-15-20(23(32)19-10-5-16(2)27-24(19)29)25(33)26-13-14-30-22(31)12-11-21(28-30)17-6-8-18(34-3)9-7-17/h5-12,15H,4,13-14H2,1-3H3,(H,26,33). The van der Waals surface area contributed by atoms with Crippen molar-refractivity contribution in [1.82, 2.24) is 24.6 Å². The molecule has 0 unspecified atom stereocenters. The summed E-state index contributed by atoms with van der Waals surface area (Å²) >= 11 is 0. The van der Waals surface area contributed by atoms with Gasteiger partial charge in [0.05, 0.1) is 24.7 Å². The maximum Gasteiger partial charge on any atom is 0.266 e. The highest BCUT2D eigenvalue weighted by molar-refractivity contribution is 5.96. The van der Waals surface area contributed by atoms with E-state index in [1.54, 1.807) is 29.9 Å². The van der Waals surface area contributed by atoms with Crippen molar-refractivity contribution >= 4 is 16.9 Å². The van der Waals surface area contributed by atoms with Crippen LogP contribution in [-0.2, 0) is 13.1 Å². The van der Waals surface area contributed by atoms with Crippen molar-refractivity contribution in [2.24, 2.45) is 0 Å². The third kappa shape index (κ3) is 4.59. The SMILES string of the molecule is CCn1cc(C(=O)NCCn2nc(-c3ccc(OC)cc3)ccc2=O)c(=O)c2ccc(C)nc21. The van der Waals surface area contributed by atoms with Crippen molar-refractivity contribution in [2.45, 2.75) is 26.9 Å². The fourth-order valence-corrected chi connectivity index (χ4v) is 3.66. The van der Waals surface area contributed by atoms with Gasteiger partial charge >= 0.3 is 0 Å². The Bertz CT molecular complexity index is 1470. The van der Waals surface area contributed by atoms with Gasteiger partial charge in [-0.3, -0.25) is 14.4 Å². The Balaban J connectivity index is 1.51. The Morgan fingerprint density at radius 2 is 1.82 bits per heavy atom. The van der Waals surface area contributed by atoms with Crippen LogP contribution in [0.4, 0.5) is 0 Å². The summed E-state index contributed by atoms with van der Waals surface area (Å²) in [6, 6.07) is 13.9. The van der Waals surface area contributed by atoms with Gasteiger partial charge in [0.1, 0.15) is 17.0 Å². The quantitative estimate of drug-likeness (QED) is 0.455. The summed E-state index contributed by atoms with van der Waals surface area (Å²) in [5, 5.41) is 7.52. The van der Waals surface area contributed by atoms with E-state index in [9.17, 15) is 14.4 Å². The number of ether oxygens (including phenoxy) is 1. The number of aryl methyl sites for hydroxylation is 2. The first-order chi connectivity index (χ1) is 16.4. The van der Waals surface area contributed by atoms with Crippen LogP contribution < -0.4 is 21.0 Å². The number of carbonyl (C=O) groups is 1. The van der Waals surface area contributed by atoms with Crippen molar-refractivity contribution in [3.63, 3.8) is 0 Å². The van der Waals surface area contributed by atoms with Crippen LogP contribution in [0, 0.1) is 6.92 Å². The van der Waals surface area contributed by atoms with Gasteiger partial charge < -0.3 is 14.6 Å². The lowest BCUT2D eigenvalue weighted by Gasteiger charge is -2.12. The van der Waals surface area contributed by atoms with E-state index < -0.39 is 5.91 Å². The van der Waals surface area contributed by atoms with Crippen LogP contribution in [0.1, 0.15) is 23.0 Å². The summed E-state index contributed by atoms with van der Waals surface area (Å²) in [6.45, 7) is 4.62. The van der Waals surface area contributed by atoms with Crippen molar-refractivity contribution < 1.29 is 9.53 Å². The number of aromatic nitrogens is 4. The molecule has 0 radical (unpaired) electrons. The Morgan fingerprint density at radius 3 is 2.53 bits per heavy atom. The molecule has 4 rings (SSSR count). The summed E-state index contributed by atoms with van der Waals surface area (Å²) in [6.07, 6.45) is 1.53. The highest BCUT2D eigenvalue weighted by Gasteiger charge is 2.16. The number of carbonyl (C=O) groups excluding carboxylic acids is 1. The Morgan fingerprint density at radius 1 is 1.06 bits per heavy atom. The second-order valence-electron chi connectivity index (χ2n) is 7.75. The van der Waals surface area contributed by atoms with Crippen LogP contribution in [0.3, 0.4) is 0 Å². The van der Waals surface area contributed by atoms with Gasteiger partial charge in [0, 0.05) is 36.6 Å². The fraction of sp³-hybridized carbons (Fsp3) is 0.240. The van der Waals surface area contributed by atoms with Gasteiger partial charge in [-0.1, -0.05) is 0 Å². The van der Waals surface area contributed by atoms with Gasteiger partial charge in [-0.25, -0.2) is 9.67 Å².